The standard InChI is InChI=1S/C19H19F2N5O/c1-10-7-11(5-6-20)13-8-12(3-4-15(13)23-10)16-14(21)9-26-17(16)18(27-2)24-19(22)25-26/h3-4,8-9,11H,5-7H2,1-2H3,(H2,22,25). The molecule has 0 amide bonds. The number of ether oxygens (including phenoxy) is 1. The van der Waals surface area contributed by atoms with E-state index in [9.17, 15) is 8.78 Å². The predicted molar refractivity (Wildman–Crippen MR) is 100 cm³/mol. The molecule has 0 bridgehead atoms. The fourth-order valence-electron chi connectivity index (χ4n) is 3.70. The van der Waals surface area contributed by atoms with Crippen LogP contribution in [0.3, 0.4) is 0 Å². The molecule has 3 heterocycles. The van der Waals surface area contributed by atoms with Gasteiger partial charge >= 0.3 is 0 Å². The summed E-state index contributed by atoms with van der Waals surface area (Å²) in [6.45, 7) is 1.53. The molecule has 0 radical (unpaired) electrons. The van der Waals surface area contributed by atoms with Crippen molar-refractivity contribution in [3.05, 3.63) is 35.8 Å². The van der Waals surface area contributed by atoms with Gasteiger partial charge in [-0.25, -0.2) is 8.91 Å². The smallest absolute Gasteiger partial charge is 0.243 e. The second-order valence-electron chi connectivity index (χ2n) is 6.62. The number of aromatic nitrogens is 3. The third-order valence-corrected chi connectivity index (χ3v) is 4.83. The molecule has 0 saturated carbocycles. The topological polar surface area (TPSA) is 77.8 Å². The molecule has 1 atom stereocenters. The Hall–Kier alpha value is -3.03. The number of nitrogens with zero attached hydrogens (tertiary/aromatic N) is 4. The lowest BCUT2D eigenvalue weighted by Gasteiger charge is -2.23. The number of nitrogens with two attached hydrogens (primary N) is 1. The van der Waals surface area contributed by atoms with E-state index in [1.807, 2.05) is 19.1 Å². The van der Waals surface area contributed by atoms with Crippen LogP contribution in [0, 0.1) is 5.82 Å². The lowest BCUT2D eigenvalue weighted by Crippen LogP contribution is -2.10. The van der Waals surface area contributed by atoms with Gasteiger partial charge in [-0.05, 0) is 48.9 Å². The minimum absolute atomic E-state index is 0.0147. The molecule has 0 spiro atoms. The summed E-state index contributed by atoms with van der Waals surface area (Å²) in [7, 11) is 1.44. The monoisotopic (exact) mass is 371 g/mol. The van der Waals surface area contributed by atoms with Gasteiger partial charge < -0.3 is 10.5 Å². The van der Waals surface area contributed by atoms with Crippen molar-refractivity contribution in [1.82, 2.24) is 14.6 Å². The summed E-state index contributed by atoms with van der Waals surface area (Å²) in [6, 6.07) is 5.51. The van der Waals surface area contributed by atoms with Gasteiger partial charge in [0.05, 0.1) is 31.2 Å². The van der Waals surface area contributed by atoms with E-state index in [-0.39, 0.29) is 17.7 Å². The minimum Gasteiger partial charge on any atom is -0.479 e. The fraction of sp³-hybridized carbons (Fsp3) is 0.316. The number of rotatable bonds is 4. The van der Waals surface area contributed by atoms with Crippen molar-refractivity contribution in [3.8, 4) is 17.0 Å². The number of benzene rings is 1. The van der Waals surface area contributed by atoms with Crippen LogP contribution in [0.4, 0.5) is 20.4 Å². The summed E-state index contributed by atoms with van der Waals surface area (Å²) in [5, 5.41) is 4.02. The summed E-state index contributed by atoms with van der Waals surface area (Å²) in [6.07, 6.45) is 2.35. The van der Waals surface area contributed by atoms with Gasteiger partial charge in [0.25, 0.3) is 0 Å². The van der Waals surface area contributed by atoms with Gasteiger partial charge in [0, 0.05) is 5.71 Å². The second-order valence-corrected chi connectivity index (χ2v) is 6.62. The summed E-state index contributed by atoms with van der Waals surface area (Å²) in [5.41, 5.74) is 9.70. The second kappa shape index (κ2) is 6.61. The molecule has 3 aromatic rings. The number of alkyl halides is 1. The van der Waals surface area contributed by atoms with Crippen LogP contribution in [0.25, 0.3) is 16.6 Å². The Morgan fingerprint density at radius 3 is 2.93 bits per heavy atom. The van der Waals surface area contributed by atoms with Gasteiger partial charge in [0.1, 0.15) is 5.52 Å². The van der Waals surface area contributed by atoms with E-state index < -0.39 is 12.5 Å². The molecule has 0 saturated heterocycles. The highest BCUT2D eigenvalue weighted by Gasteiger charge is 2.24. The maximum atomic E-state index is 14.8. The third kappa shape index (κ3) is 2.90. The summed E-state index contributed by atoms with van der Waals surface area (Å²) < 4.78 is 34.4. The number of hydrogen-bond donors (Lipinski definition) is 1. The maximum Gasteiger partial charge on any atom is 0.243 e. The normalized spacial score (nSPS) is 16.3. The quantitative estimate of drug-likeness (QED) is 0.750. The molecule has 27 heavy (non-hydrogen) atoms. The summed E-state index contributed by atoms with van der Waals surface area (Å²) in [4.78, 5) is 8.61. The van der Waals surface area contributed by atoms with Crippen LogP contribution in [0.1, 0.15) is 31.2 Å². The highest BCUT2D eigenvalue weighted by atomic mass is 19.1. The van der Waals surface area contributed by atoms with Gasteiger partial charge in [-0.3, -0.25) is 9.38 Å². The van der Waals surface area contributed by atoms with E-state index in [4.69, 9.17) is 10.5 Å². The Balaban J connectivity index is 1.93. The highest BCUT2D eigenvalue weighted by Crippen LogP contribution is 2.41. The molecule has 4 rings (SSSR count). The maximum absolute atomic E-state index is 14.8. The number of methoxy groups -OCH3 is 1. The predicted octanol–water partition coefficient (Wildman–Crippen LogP) is 4.07. The first-order valence-electron chi connectivity index (χ1n) is 8.64. The molecule has 2 N–H and O–H groups in total. The zero-order chi connectivity index (χ0) is 19.1. The molecule has 0 fully saturated rings. The number of halogens is 2. The van der Waals surface area contributed by atoms with Crippen molar-refractivity contribution in [1.29, 1.82) is 0 Å². The van der Waals surface area contributed by atoms with Crippen LogP contribution < -0.4 is 10.5 Å². The SMILES string of the molecule is COc1nc(N)nn2cc(F)c(-c3ccc4c(c3)C(CCF)CC(C)=N4)c12. The van der Waals surface area contributed by atoms with Crippen LogP contribution in [-0.2, 0) is 0 Å². The van der Waals surface area contributed by atoms with Crippen LogP contribution in [0.15, 0.2) is 29.4 Å². The molecular formula is C19H19F2N5O. The molecule has 1 aliphatic heterocycles. The Morgan fingerprint density at radius 1 is 1.37 bits per heavy atom. The van der Waals surface area contributed by atoms with Gasteiger partial charge in [-0.1, -0.05) is 6.07 Å². The van der Waals surface area contributed by atoms with E-state index in [0.717, 1.165) is 17.0 Å². The van der Waals surface area contributed by atoms with E-state index in [1.165, 1.54) is 17.8 Å². The average molecular weight is 371 g/mol. The molecule has 2 aromatic heterocycles. The molecule has 8 heteroatoms. The number of fused-ring (bicyclic) bond motifs is 2. The van der Waals surface area contributed by atoms with Crippen molar-refractivity contribution in [2.24, 2.45) is 4.99 Å². The first-order chi connectivity index (χ1) is 13.0. The largest absolute Gasteiger partial charge is 0.479 e. The van der Waals surface area contributed by atoms with Crippen LogP contribution >= 0.6 is 0 Å². The minimum atomic E-state index is -0.467. The first-order valence-corrected chi connectivity index (χ1v) is 8.64. The first kappa shape index (κ1) is 17.4. The highest BCUT2D eigenvalue weighted by molar-refractivity contribution is 5.90. The molecule has 6 nitrogen and oxygen atoms in total. The number of anilines is 1. The fourth-order valence-corrected chi connectivity index (χ4v) is 3.70. The van der Waals surface area contributed by atoms with Crippen LogP contribution in [-0.4, -0.2) is 34.1 Å². The summed E-state index contributed by atoms with van der Waals surface area (Å²) >= 11 is 0. The number of nitrogen functional groups attached to an aromatic ring is 1. The van der Waals surface area contributed by atoms with Gasteiger partial charge in [-0.15, -0.1) is 5.10 Å². The van der Waals surface area contributed by atoms with Gasteiger partial charge in [0.2, 0.25) is 11.8 Å². The van der Waals surface area contributed by atoms with Crippen LogP contribution in [0.2, 0.25) is 0 Å². The molecule has 1 aromatic carbocycles. The Morgan fingerprint density at radius 2 is 2.19 bits per heavy atom. The van der Waals surface area contributed by atoms with Crippen LogP contribution in [0.5, 0.6) is 5.88 Å². The molecule has 1 unspecified atom stereocenters. The zero-order valence-electron chi connectivity index (χ0n) is 15.0. The van der Waals surface area contributed by atoms with E-state index in [1.54, 1.807) is 6.07 Å². The zero-order valence-corrected chi connectivity index (χ0v) is 15.0. The Bertz CT molecular complexity index is 1060. The Kier molecular flexibility index (Phi) is 4.25. The lowest BCUT2D eigenvalue weighted by atomic mass is 9.86. The summed E-state index contributed by atoms with van der Waals surface area (Å²) in [5.74, 6) is -0.272. The van der Waals surface area contributed by atoms with Crippen molar-refractivity contribution in [2.45, 2.75) is 25.7 Å². The van der Waals surface area contributed by atoms with E-state index >= 15 is 0 Å². The molecule has 0 aliphatic carbocycles. The molecular weight excluding hydrogens is 352 g/mol. The lowest BCUT2D eigenvalue weighted by molar-refractivity contribution is 0.400. The molecule has 1 aliphatic rings. The van der Waals surface area contributed by atoms with Crippen molar-refractivity contribution < 1.29 is 13.5 Å². The van der Waals surface area contributed by atoms with Crippen molar-refractivity contribution in [3.63, 3.8) is 0 Å². The van der Waals surface area contributed by atoms with Crippen molar-refractivity contribution >= 4 is 22.9 Å². The number of aliphatic imine (C=N–C) groups is 1. The van der Waals surface area contributed by atoms with Gasteiger partial charge in [-0.2, -0.15) is 4.98 Å². The van der Waals surface area contributed by atoms with E-state index in [0.29, 0.717) is 29.5 Å². The van der Waals surface area contributed by atoms with Crippen molar-refractivity contribution in [2.75, 3.05) is 19.5 Å². The van der Waals surface area contributed by atoms with Gasteiger partial charge in [0.15, 0.2) is 5.82 Å². The van der Waals surface area contributed by atoms with E-state index in [2.05, 4.69) is 15.1 Å². The average Bonchev–Trinajstić information content (AvgIpc) is 2.96. The third-order valence-electron chi connectivity index (χ3n) is 4.83. The Labute approximate surface area is 154 Å². The molecule has 140 valence electrons. The number of hydrogen-bond acceptors (Lipinski definition) is 5.